The third kappa shape index (κ3) is 5.62. The highest BCUT2D eigenvalue weighted by molar-refractivity contribution is 5.98. The Morgan fingerprint density at radius 1 is 0.600 bits per heavy atom. The Morgan fingerprint density at radius 3 is 1.91 bits per heavy atom. The lowest BCUT2D eigenvalue weighted by atomic mass is 9.80. The molecular weight excluding hydrogens is 791 g/mol. The van der Waals surface area contributed by atoms with Crippen LogP contribution in [0.4, 0.5) is 0 Å². The van der Waals surface area contributed by atoms with Gasteiger partial charge in [-0.2, -0.15) is 4.57 Å². The van der Waals surface area contributed by atoms with Crippen LogP contribution in [-0.4, -0.2) is 4.57 Å². The van der Waals surface area contributed by atoms with E-state index >= 15 is 0 Å². The summed E-state index contributed by atoms with van der Waals surface area (Å²) in [6, 6.07) is 55.2. The predicted octanol–water partition coefficient (Wildman–Crippen LogP) is 14.6. The maximum absolute atomic E-state index is 9.17. The van der Waals surface area contributed by atoms with Crippen LogP contribution in [0.2, 0.25) is 0 Å². The van der Waals surface area contributed by atoms with Gasteiger partial charge in [-0.3, -0.25) is 0 Å². The number of aryl methyl sites for hydroxylation is 2. The summed E-state index contributed by atoms with van der Waals surface area (Å²) in [5.74, 6) is -0.850. The van der Waals surface area contributed by atoms with Gasteiger partial charge >= 0.3 is 11.7 Å². The first-order valence-electron chi connectivity index (χ1n) is 24.0. The fraction of sp³-hybridized carbons (Fsp3) is 0.213. The minimum atomic E-state index is -1.07. The van der Waals surface area contributed by atoms with Gasteiger partial charge in [0.2, 0.25) is 5.69 Å². The molecule has 5 heterocycles. The molecule has 9 aromatic rings. The van der Waals surface area contributed by atoms with Gasteiger partial charge in [0.1, 0.15) is 16.8 Å². The molecule has 0 bridgehead atoms. The SMILES string of the molecule is [2H]C(C)(C)c1cccc(C([2H])(C)C)c1-c1ccc(-n2c3[n+]4c5c(cccc52)-c2cc(C(C)(C)C)cc5c2C4(Oc2c(C)cc(C)cc2-3)[n+]2ccc(-c3ccc(-c4ccccc4)cc3)cc2-5)cc1. The van der Waals surface area contributed by atoms with Gasteiger partial charge in [0, 0.05) is 26.0 Å². The fourth-order valence-electron chi connectivity index (χ4n) is 11.1. The number of benzene rings is 7. The summed E-state index contributed by atoms with van der Waals surface area (Å²) < 4.78 is 33.5. The molecule has 4 nitrogen and oxygen atoms in total. The smallest absolute Gasteiger partial charge is 0.392 e. The zero-order chi connectivity index (χ0) is 46.5. The molecule has 1 atom stereocenters. The molecule has 7 aromatic carbocycles. The Hall–Kier alpha value is -7.04. The molecule has 0 radical (unpaired) electrons. The van der Waals surface area contributed by atoms with Gasteiger partial charge in [0.15, 0.2) is 23.0 Å². The number of rotatable bonds is 6. The molecular formula is C61H55N3O+2. The highest BCUT2D eigenvalue weighted by atomic mass is 16.5. The third-order valence-corrected chi connectivity index (χ3v) is 14.2. The Balaban J connectivity index is 1.14. The van der Waals surface area contributed by atoms with E-state index in [9.17, 15) is 0 Å². The summed E-state index contributed by atoms with van der Waals surface area (Å²) in [7, 11) is 0. The summed E-state index contributed by atoms with van der Waals surface area (Å²) in [5, 5.41) is 0. The number of pyridine rings is 1. The van der Waals surface area contributed by atoms with Crippen molar-refractivity contribution < 1.29 is 16.6 Å². The summed E-state index contributed by atoms with van der Waals surface area (Å²) in [6.45, 7) is 19.0. The highest BCUT2D eigenvalue weighted by Gasteiger charge is 2.68. The van der Waals surface area contributed by atoms with Gasteiger partial charge in [-0.1, -0.05) is 146 Å². The van der Waals surface area contributed by atoms with Crippen LogP contribution < -0.4 is 13.9 Å². The molecule has 0 N–H and O–H groups in total. The number of hydrogen-bond acceptors (Lipinski definition) is 1. The van der Waals surface area contributed by atoms with Crippen LogP contribution in [0.15, 0.2) is 158 Å². The lowest BCUT2D eigenvalue weighted by Crippen LogP contribution is -2.78. The monoisotopic (exact) mass is 847 g/mol. The van der Waals surface area contributed by atoms with Gasteiger partial charge < -0.3 is 4.74 Å². The van der Waals surface area contributed by atoms with Crippen molar-refractivity contribution in [2.45, 2.75) is 85.4 Å². The van der Waals surface area contributed by atoms with E-state index in [-0.39, 0.29) is 5.41 Å². The molecule has 4 heteroatoms. The number of hydrogen-bond donors (Lipinski definition) is 0. The van der Waals surface area contributed by atoms with Crippen molar-refractivity contribution in [1.29, 1.82) is 0 Å². The summed E-state index contributed by atoms with van der Waals surface area (Å²) in [5.41, 5.74) is 22.0. The van der Waals surface area contributed by atoms with Crippen molar-refractivity contribution in [2.24, 2.45) is 0 Å². The Bertz CT molecular complexity index is 3510. The summed E-state index contributed by atoms with van der Waals surface area (Å²) >= 11 is 0. The number of ether oxygens (including phenoxy) is 1. The maximum atomic E-state index is 9.17. The van der Waals surface area contributed by atoms with Crippen molar-refractivity contribution in [3.63, 3.8) is 0 Å². The van der Waals surface area contributed by atoms with Crippen molar-refractivity contribution in [1.82, 2.24) is 4.57 Å². The van der Waals surface area contributed by atoms with Gasteiger partial charge in [0.05, 0.1) is 5.56 Å². The molecule has 65 heavy (non-hydrogen) atoms. The second-order valence-electron chi connectivity index (χ2n) is 19.9. The van der Waals surface area contributed by atoms with E-state index in [1.165, 1.54) is 38.9 Å². The van der Waals surface area contributed by atoms with Crippen molar-refractivity contribution in [2.75, 3.05) is 0 Å². The van der Waals surface area contributed by atoms with E-state index in [0.29, 0.717) is 0 Å². The average molecular weight is 848 g/mol. The van der Waals surface area contributed by atoms with Crippen LogP contribution in [0.1, 0.15) is 96.4 Å². The molecule has 318 valence electrons. The first kappa shape index (κ1) is 37.3. The Labute approximate surface area is 385 Å². The van der Waals surface area contributed by atoms with Crippen molar-refractivity contribution >= 4 is 11.0 Å². The van der Waals surface area contributed by atoms with E-state index in [2.05, 4.69) is 200 Å². The topological polar surface area (TPSA) is 21.9 Å². The van der Waals surface area contributed by atoms with E-state index in [1.54, 1.807) is 0 Å². The minimum Gasteiger partial charge on any atom is -0.392 e. The second-order valence-corrected chi connectivity index (χ2v) is 19.9. The van der Waals surface area contributed by atoms with E-state index in [0.717, 1.165) is 84.1 Å². The minimum absolute atomic E-state index is 0.117. The molecule has 1 unspecified atom stereocenters. The molecule has 12 rings (SSSR count). The molecule has 0 amide bonds. The Kier molecular flexibility index (Phi) is 8.03. The first-order chi connectivity index (χ1) is 31.9. The number of imidazole rings is 1. The van der Waals surface area contributed by atoms with Crippen molar-refractivity contribution in [3.8, 4) is 78.6 Å². The zero-order valence-electron chi connectivity index (χ0n) is 40.8. The standard InChI is InChI=1S/C61H55N3O/c1-36(2)47-17-13-18-48(37(3)4)55(47)43-25-27-46(28-26-43)63-53-20-14-19-49-50-34-45(60(7,8)9)35-51-54-33-44(42-23-21-41(22-24-42)40-15-11-10-12-16-40)29-30-62(54)61(56(50)51)64(57(49)53)59(63)52-32-38(5)31-39(6)58(52)65-61/h10-37H,1-9H3/q+2/i36D,37D. The van der Waals surface area contributed by atoms with Crippen LogP contribution in [0.5, 0.6) is 5.75 Å². The van der Waals surface area contributed by atoms with E-state index in [1.807, 2.05) is 33.8 Å². The van der Waals surface area contributed by atoms with Gasteiger partial charge in [-0.25, -0.2) is 0 Å². The second kappa shape index (κ2) is 14.0. The molecule has 3 aliphatic rings. The van der Waals surface area contributed by atoms with Crippen LogP contribution in [0, 0.1) is 13.8 Å². The number of fused-ring (bicyclic) bond motifs is 5. The average Bonchev–Trinajstić information content (AvgIpc) is 3.80. The molecule has 0 saturated carbocycles. The third-order valence-electron chi connectivity index (χ3n) is 14.2. The maximum Gasteiger partial charge on any atom is 0.499 e. The molecule has 3 aliphatic heterocycles. The van der Waals surface area contributed by atoms with Gasteiger partial charge in [-0.05, 0) is 135 Å². The molecule has 0 fully saturated rings. The fourth-order valence-corrected chi connectivity index (χ4v) is 11.1. The normalized spacial score (nSPS) is 16.1. The summed E-state index contributed by atoms with van der Waals surface area (Å²) in [4.78, 5) is 0. The van der Waals surface area contributed by atoms with Crippen molar-refractivity contribution in [3.05, 3.63) is 191 Å². The molecule has 2 aromatic heterocycles. The van der Waals surface area contributed by atoms with Crippen LogP contribution in [0.25, 0.3) is 83.9 Å². The number of para-hydroxylation sites is 1. The quantitative estimate of drug-likeness (QED) is 0.153. The number of nitrogens with zero attached hydrogens (tertiary/aromatic N) is 3. The van der Waals surface area contributed by atoms with E-state index in [4.69, 9.17) is 7.48 Å². The molecule has 0 aliphatic carbocycles. The highest BCUT2D eigenvalue weighted by Crippen LogP contribution is 2.55. The Morgan fingerprint density at radius 2 is 1.23 bits per heavy atom. The van der Waals surface area contributed by atoms with E-state index < -0.39 is 17.6 Å². The predicted molar refractivity (Wildman–Crippen MR) is 266 cm³/mol. The number of aromatic nitrogens is 3. The molecule has 1 spiro atoms. The first-order valence-corrected chi connectivity index (χ1v) is 23.0. The summed E-state index contributed by atoms with van der Waals surface area (Å²) in [6.07, 6.45) is 2.25. The van der Waals surface area contributed by atoms with Crippen LogP contribution >= 0.6 is 0 Å². The lowest BCUT2D eigenvalue weighted by Gasteiger charge is -2.33. The largest absolute Gasteiger partial charge is 0.499 e. The zero-order valence-corrected chi connectivity index (χ0v) is 38.8. The van der Waals surface area contributed by atoms with Crippen LogP contribution in [0.3, 0.4) is 0 Å². The van der Waals surface area contributed by atoms with Gasteiger partial charge in [-0.15, -0.1) is 9.13 Å². The van der Waals surface area contributed by atoms with Crippen LogP contribution in [-0.2, 0) is 11.3 Å². The lowest BCUT2D eigenvalue weighted by molar-refractivity contribution is -0.997. The molecule has 0 saturated heterocycles. The van der Waals surface area contributed by atoms with Gasteiger partial charge in [0.25, 0.3) is 0 Å².